The summed E-state index contributed by atoms with van der Waals surface area (Å²) in [5.41, 5.74) is 0.992. The van der Waals surface area contributed by atoms with Crippen molar-refractivity contribution in [2.45, 2.75) is 24.6 Å². The van der Waals surface area contributed by atoms with Gasteiger partial charge >= 0.3 is 12.1 Å². The van der Waals surface area contributed by atoms with Gasteiger partial charge in [0.25, 0.3) is 0 Å². The number of carbonyl (C=O) groups excluding carboxylic acids is 2. The Morgan fingerprint density at radius 3 is 1.74 bits per heavy atom. The Bertz CT molecular complexity index is 1260. The molecule has 0 N–H and O–H groups in total. The molecule has 1 heterocycles. The zero-order valence-electron chi connectivity index (χ0n) is 19.3. The number of para-hydroxylation sites is 1. The van der Waals surface area contributed by atoms with Crippen LogP contribution < -0.4 is 4.74 Å². The Morgan fingerprint density at radius 1 is 0.771 bits per heavy atom. The molecule has 5 nitrogen and oxygen atoms in total. The number of cyclic esters (lactones) is 1. The monoisotopic (exact) mass is 463 g/mol. The summed E-state index contributed by atoms with van der Waals surface area (Å²) in [6.45, 7) is 1.72. The Morgan fingerprint density at radius 2 is 1.23 bits per heavy atom. The molecule has 0 saturated carbocycles. The molecule has 1 amide bonds. The van der Waals surface area contributed by atoms with E-state index in [1.54, 1.807) is 31.2 Å². The summed E-state index contributed by atoms with van der Waals surface area (Å²) in [4.78, 5) is 29.1. The van der Waals surface area contributed by atoms with Crippen LogP contribution in [0.4, 0.5) is 4.79 Å². The summed E-state index contributed by atoms with van der Waals surface area (Å²) in [5.74, 6) is -0.166. The number of amides is 1. The molecule has 0 bridgehead atoms. The Balaban J connectivity index is 1.67. The van der Waals surface area contributed by atoms with E-state index in [9.17, 15) is 9.59 Å². The lowest BCUT2D eigenvalue weighted by Crippen LogP contribution is -2.55. The minimum Gasteiger partial charge on any atom is -0.438 e. The lowest BCUT2D eigenvalue weighted by Gasteiger charge is -2.38. The van der Waals surface area contributed by atoms with Crippen molar-refractivity contribution in [3.05, 3.63) is 138 Å². The Labute approximate surface area is 204 Å². The summed E-state index contributed by atoms with van der Waals surface area (Å²) < 4.78 is 11.8. The van der Waals surface area contributed by atoms with Crippen LogP contribution in [0.3, 0.4) is 0 Å². The number of hydrogen-bond donors (Lipinski definition) is 0. The maximum atomic E-state index is 13.9. The quantitative estimate of drug-likeness (QED) is 0.248. The van der Waals surface area contributed by atoms with Crippen LogP contribution in [0.2, 0.25) is 0 Å². The first kappa shape index (κ1) is 22.4. The molecule has 1 aliphatic rings. The average molecular weight is 464 g/mol. The van der Waals surface area contributed by atoms with E-state index < -0.39 is 29.7 Å². The third kappa shape index (κ3) is 4.17. The molecule has 0 aromatic heterocycles. The molecule has 2 atom stereocenters. The van der Waals surface area contributed by atoms with Gasteiger partial charge in [-0.2, -0.15) is 0 Å². The molecule has 0 aliphatic carbocycles. The second-order valence-electron chi connectivity index (χ2n) is 8.62. The van der Waals surface area contributed by atoms with Crippen LogP contribution >= 0.6 is 0 Å². The van der Waals surface area contributed by atoms with Gasteiger partial charge in [-0.25, -0.2) is 9.59 Å². The largest absolute Gasteiger partial charge is 0.438 e. The molecular formula is C30H25NO4. The number of nitrogens with zero attached hydrogens (tertiary/aromatic N) is 1. The number of ether oxygens (including phenoxy) is 2. The summed E-state index contributed by atoms with van der Waals surface area (Å²) in [5, 5.41) is 0. The van der Waals surface area contributed by atoms with Crippen LogP contribution in [-0.2, 0) is 9.53 Å². The summed E-state index contributed by atoms with van der Waals surface area (Å²) in [6, 6.07) is 36.9. The minimum atomic E-state index is -1.45. The van der Waals surface area contributed by atoms with Gasteiger partial charge in [0.1, 0.15) is 5.75 Å². The van der Waals surface area contributed by atoms with Crippen molar-refractivity contribution in [3.63, 3.8) is 0 Å². The third-order valence-corrected chi connectivity index (χ3v) is 6.38. The fourth-order valence-corrected chi connectivity index (χ4v) is 4.65. The normalized spacial score (nSPS) is 19.4. The number of hydrogen-bond acceptors (Lipinski definition) is 4. The minimum absolute atomic E-state index is 0.404. The van der Waals surface area contributed by atoms with Crippen LogP contribution in [0.5, 0.6) is 5.75 Å². The topological polar surface area (TPSA) is 55.8 Å². The van der Waals surface area contributed by atoms with Crippen molar-refractivity contribution in [1.82, 2.24) is 4.90 Å². The van der Waals surface area contributed by atoms with Gasteiger partial charge in [0.15, 0.2) is 11.6 Å². The van der Waals surface area contributed by atoms with Crippen molar-refractivity contribution in [2.75, 3.05) is 0 Å². The van der Waals surface area contributed by atoms with Gasteiger partial charge in [0.05, 0.1) is 6.04 Å². The lowest BCUT2D eigenvalue weighted by atomic mass is 9.85. The maximum Gasteiger partial charge on any atom is 0.412 e. The van der Waals surface area contributed by atoms with Crippen LogP contribution in [-0.4, -0.2) is 22.5 Å². The smallest absolute Gasteiger partial charge is 0.412 e. The highest BCUT2D eigenvalue weighted by Crippen LogP contribution is 2.48. The number of carbonyl (C=O) groups is 2. The van der Waals surface area contributed by atoms with Crippen LogP contribution in [0, 0.1) is 0 Å². The van der Waals surface area contributed by atoms with E-state index in [0.29, 0.717) is 5.75 Å². The summed E-state index contributed by atoms with van der Waals surface area (Å²) in [6.07, 6.45) is -1.44. The molecule has 1 aliphatic heterocycles. The van der Waals surface area contributed by atoms with E-state index in [0.717, 1.165) is 16.7 Å². The molecule has 1 fully saturated rings. The number of esters is 1. The fraction of sp³-hybridized carbons (Fsp3) is 0.133. The van der Waals surface area contributed by atoms with E-state index in [1.807, 2.05) is 97.1 Å². The molecule has 4 aromatic carbocycles. The van der Waals surface area contributed by atoms with E-state index in [1.165, 1.54) is 4.90 Å². The molecule has 174 valence electrons. The predicted molar refractivity (Wildman–Crippen MR) is 133 cm³/mol. The summed E-state index contributed by atoms with van der Waals surface area (Å²) >= 11 is 0. The van der Waals surface area contributed by atoms with E-state index in [-0.39, 0.29) is 0 Å². The standard InChI is InChI=1S/C30H25NO4/c1-30(28(32)34-25-20-12-5-13-21-25)27(24-18-10-4-11-19-24)35-29(33)31(30)26(22-14-6-2-7-15-22)23-16-8-3-9-17-23/h2-21,26-27H,1H3. The Hall–Kier alpha value is -4.38. The van der Waals surface area contributed by atoms with Gasteiger partial charge in [0.2, 0.25) is 0 Å². The highest BCUT2D eigenvalue weighted by molar-refractivity contribution is 5.91. The molecule has 2 unspecified atom stereocenters. The Kier molecular flexibility index (Phi) is 6.06. The maximum absolute atomic E-state index is 13.9. The number of rotatable bonds is 6. The molecule has 5 heteroatoms. The predicted octanol–water partition coefficient (Wildman–Crippen LogP) is 6.33. The van der Waals surface area contributed by atoms with Crippen molar-refractivity contribution in [1.29, 1.82) is 0 Å². The second kappa shape index (κ2) is 9.47. The first-order valence-electron chi connectivity index (χ1n) is 11.5. The number of benzene rings is 4. The molecule has 4 aromatic rings. The molecule has 0 radical (unpaired) electrons. The lowest BCUT2D eigenvalue weighted by molar-refractivity contribution is -0.148. The highest BCUT2D eigenvalue weighted by atomic mass is 16.6. The van der Waals surface area contributed by atoms with Gasteiger partial charge in [-0.05, 0) is 35.7 Å². The van der Waals surface area contributed by atoms with Crippen molar-refractivity contribution < 1.29 is 19.1 Å². The van der Waals surface area contributed by atoms with Crippen LogP contribution in [0.15, 0.2) is 121 Å². The van der Waals surface area contributed by atoms with E-state index in [2.05, 4.69) is 0 Å². The van der Waals surface area contributed by atoms with Gasteiger partial charge in [-0.3, -0.25) is 4.90 Å². The molecule has 35 heavy (non-hydrogen) atoms. The van der Waals surface area contributed by atoms with Crippen molar-refractivity contribution in [3.8, 4) is 5.75 Å². The molecule has 1 saturated heterocycles. The molecule has 0 spiro atoms. The summed E-state index contributed by atoms with van der Waals surface area (Å²) in [7, 11) is 0. The highest BCUT2D eigenvalue weighted by Gasteiger charge is 2.61. The van der Waals surface area contributed by atoms with Gasteiger partial charge < -0.3 is 9.47 Å². The molecule has 5 rings (SSSR count). The van der Waals surface area contributed by atoms with Gasteiger partial charge in [-0.1, -0.05) is 109 Å². The van der Waals surface area contributed by atoms with Crippen molar-refractivity contribution >= 4 is 12.1 Å². The first-order chi connectivity index (χ1) is 17.1. The van der Waals surface area contributed by atoms with Crippen LogP contribution in [0.25, 0.3) is 0 Å². The van der Waals surface area contributed by atoms with Gasteiger partial charge in [0, 0.05) is 0 Å². The zero-order valence-corrected chi connectivity index (χ0v) is 19.3. The molecular weight excluding hydrogens is 438 g/mol. The zero-order chi connectivity index (χ0) is 24.3. The van der Waals surface area contributed by atoms with E-state index in [4.69, 9.17) is 9.47 Å². The van der Waals surface area contributed by atoms with Crippen LogP contribution in [0.1, 0.15) is 35.8 Å². The van der Waals surface area contributed by atoms with Gasteiger partial charge in [-0.15, -0.1) is 0 Å². The SMILES string of the molecule is CC1(C(=O)Oc2ccccc2)C(c2ccccc2)OC(=O)N1C(c1ccccc1)c1ccccc1. The first-order valence-corrected chi connectivity index (χ1v) is 11.5. The average Bonchev–Trinajstić information content (AvgIpc) is 3.18. The fourth-order valence-electron chi connectivity index (χ4n) is 4.65. The third-order valence-electron chi connectivity index (χ3n) is 6.38. The van der Waals surface area contributed by atoms with E-state index >= 15 is 0 Å². The van der Waals surface area contributed by atoms with Crippen molar-refractivity contribution in [2.24, 2.45) is 0 Å². The second-order valence-corrected chi connectivity index (χ2v) is 8.62.